The summed E-state index contributed by atoms with van der Waals surface area (Å²) in [4.78, 5) is 26.4. The Bertz CT molecular complexity index is 1270. The molecule has 0 aliphatic carbocycles. The molecule has 1 heterocycles. The molecule has 0 bridgehead atoms. The van der Waals surface area contributed by atoms with Gasteiger partial charge in [-0.3, -0.25) is 4.90 Å². The number of rotatable bonds is 5. The van der Waals surface area contributed by atoms with Crippen LogP contribution in [0, 0.1) is 17.1 Å². The molecule has 2 aromatic rings. The zero-order valence-corrected chi connectivity index (χ0v) is 18.2. The van der Waals surface area contributed by atoms with Crippen LogP contribution in [0.4, 0.5) is 23.2 Å². The van der Waals surface area contributed by atoms with E-state index in [0.717, 1.165) is 14.2 Å². The number of nitrogens with zero attached hydrogens (tertiary/aromatic N) is 2. The number of nitrogens with two attached hydrogens (primary N) is 1. The van der Waals surface area contributed by atoms with Gasteiger partial charge in [0.1, 0.15) is 23.1 Å². The fourth-order valence-electron chi connectivity index (χ4n) is 3.62. The van der Waals surface area contributed by atoms with Gasteiger partial charge in [-0.15, -0.1) is 13.2 Å². The molecule has 0 amide bonds. The molecule has 1 aliphatic rings. The monoisotopic (exact) mass is 491 g/mol. The summed E-state index contributed by atoms with van der Waals surface area (Å²) in [5.74, 6) is -5.98. The van der Waals surface area contributed by atoms with Crippen LogP contribution in [0.5, 0.6) is 5.75 Å². The molecule has 0 spiro atoms. The Kier molecular flexibility index (Phi) is 7.00. The molecule has 8 nitrogen and oxygen atoms in total. The van der Waals surface area contributed by atoms with Gasteiger partial charge in [-0.25, -0.2) is 14.0 Å². The topological polar surface area (TPSA) is 115 Å². The van der Waals surface area contributed by atoms with Gasteiger partial charge in [0.25, 0.3) is 0 Å². The van der Waals surface area contributed by atoms with Crippen molar-refractivity contribution in [2.24, 2.45) is 5.73 Å². The SMILES string of the molecule is COC(=O)C1=C(C(=O)OC)N(c2cc(OC(F)(F)F)ccc2F)C(N)=C(C#N)C1c1ccccc1. The van der Waals surface area contributed by atoms with Crippen LogP contribution < -0.4 is 15.4 Å². The third-order valence-electron chi connectivity index (χ3n) is 5.00. The van der Waals surface area contributed by atoms with E-state index in [0.29, 0.717) is 28.7 Å². The van der Waals surface area contributed by atoms with Gasteiger partial charge in [0.05, 0.1) is 43.0 Å². The highest BCUT2D eigenvalue weighted by Gasteiger charge is 2.44. The van der Waals surface area contributed by atoms with Crippen LogP contribution >= 0.6 is 0 Å². The number of anilines is 1. The zero-order valence-electron chi connectivity index (χ0n) is 18.2. The van der Waals surface area contributed by atoms with E-state index >= 15 is 0 Å². The lowest BCUT2D eigenvalue weighted by molar-refractivity contribution is -0.274. The Hall–Kier alpha value is -4.53. The molecule has 2 N–H and O–H groups in total. The van der Waals surface area contributed by atoms with Crippen LogP contribution in [0.1, 0.15) is 11.5 Å². The summed E-state index contributed by atoms with van der Waals surface area (Å²) < 4.78 is 66.7. The van der Waals surface area contributed by atoms with Crippen molar-refractivity contribution in [2.45, 2.75) is 12.3 Å². The van der Waals surface area contributed by atoms with Gasteiger partial charge in [-0.05, 0) is 17.7 Å². The summed E-state index contributed by atoms with van der Waals surface area (Å²) in [6.07, 6.45) is -5.10. The Balaban J connectivity index is 2.40. The van der Waals surface area contributed by atoms with Crippen LogP contribution in [0.3, 0.4) is 0 Å². The number of halogens is 4. The number of benzene rings is 2. The summed E-state index contributed by atoms with van der Waals surface area (Å²) >= 11 is 0. The van der Waals surface area contributed by atoms with Crippen molar-refractivity contribution >= 4 is 17.6 Å². The maximum Gasteiger partial charge on any atom is 0.573 e. The van der Waals surface area contributed by atoms with Crippen molar-refractivity contribution in [2.75, 3.05) is 19.1 Å². The third kappa shape index (κ3) is 4.89. The molecule has 0 saturated carbocycles. The van der Waals surface area contributed by atoms with Crippen LogP contribution in [0.15, 0.2) is 71.2 Å². The van der Waals surface area contributed by atoms with Crippen LogP contribution in [0.25, 0.3) is 0 Å². The highest BCUT2D eigenvalue weighted by molar-refractivity contribution is 6.06. The molecule has 1 unspecified atom stereocenters. The van der Waals surface area contributed by atoms with E-state index in [1.807, 2.05) is 6.07 Å². The zero-order chi connectivity index (χ0) is 25.9. The molecule has 12 heteroatoms. The second-order valence-corrected chi connectivity index (χ2v) is 7.00. The van der Waals surface area contributed by atoms with Gasteiger partial charge in [0, 0.05) is 6.07 Å². The summed E-state index contributed by atoms with van der Waals surface area (Å²) in [7, 11) is 1.99. The Labute approximate surface area is 196 Å². The minimum absolute atomic E-state index is 0.286. The summed E-state index contributed by atoms with van der Waals surface area (Å²) in [5.41, 5.74) is 4.48. The number of ether oxygens (including phenoxy) is 3. The first-order chi connectivity index (χ1) is 16.5. The predicted octanol–water partition coefficient (Wildman–Crippen LogP) is 3.62. The number of nitriles is 1. The molecule has 2 aromatic carbocycles. The minimum atomic E-state index is -5.10. The van der Waals surface area contributed by atoms with Crippen LogP contribution in [-0.2, 0) is 19.1 Å². The number of alkyl halides is 3. The summed E-state index contributed by atoms with van der Waals surface area (Å²) in [5, 5.41) is 9.92. The maximum absolute atomic E-state index is 14.9. The molecule has 182 valence electrons. The highest BCUT2D eigenvalue weighted by Crippen LogP contribution is 2.44. The molecule has 35 heavy (non-hydrogen) atoms. The predicted molar refractivity (Wildman–Crippen MR) is 113 cm³/mol. The number of hydrogen-bond donors (Lipinski definition) is 1. The fourth-order valence-corrected chi connectivity index (χ4v) is 3.62. The largest absolute Gasteiger partial charge is 0.573 e. The Morgan fingerprint density at radius 3 is 2.23 bits per heavy atom. The maximum atomic E-state index is 14.9. The lowest BCUT2D eigenvalue weighted by Gasteiger charge is -2.36. The van der Waals surface area contributed by atoms with Crippen molar-refractivity contribution in [3.05, 3.63) is 82.6 Å². The van der Waals surface area contributed by atoms with Gasteiger partial charge in [0.2, 0.25) is 0 Å². The summed E-state index contributed by atoms with van der Waals surface area (Å²) in [6.45, 7) is 0. The number of carbonyl (C=O) groups is 2. The Morgan fingerprint density at radius 1 is 1.06 bits per heavy atom. The molecular formula is C23H17F4N3O5. The van der Waals surface area contributed by atoms with E-state index in [9.17, 15) is 32.4 Å². The first-order valence-electron chi connectivity index (χ1n) is 9.75. The first kappa shape index (κ1) is 25.1. The molecular weight excluding hydrogens is 474 g/mol. The smallest absolute Gasteiger partial charge is 0.466 e. The number of hydrogen-bond acceptors (Lipinski definition) is 8. The van der Waals surface area contributed by atoms with Gasteiger partial charge >= 0.3 is 18.3 Å². The van der Waals surface area contributed by atoms with Crippen molar-refractivity contribution in [1.82, 2.24) is 0 Å². The van der Waals surface area contributed by atoms with E-state index in [1.54, 1.807) is 30.3 Å². The van der Waals surface area contributed by atoms with Gasteiger partial charge < -0.3 is 19.9 Å². The van der Waals surface area contributed by atoms with E-state index in [1.165, 1.54) is 0 Å². The molecule has 0 fully saturated rings. The minimum Gasteiger partial charge on any atom is -0.466 e. The van der Waals surface area contributed by atoms with Crippen molar-refractivity contribution in [3.63, 3.8) is 0 Å². The molecule has 1 atom stereocenters. The fraction of sp³-hybridized carbons (Fsp3) is 0.174. The first-order valence-corrected chi connectivity index (χ1v) is 9.75. The van der Waals surface area contributed by atoms with Crippen LogP contribution in [-0.4, -0.2) is 32.5 Å². The van der Waals surface area contributed by atoms with Gasteiger partial charge in [0.15, 0.2) is 0 Å². The third-order valence-corrected chi connectivity index (χ3v) is 5.00. The highest BCUT2D eigenvalue weighted by atomic mass is 19.4. The van der Waals surface area contributed by atoms with E-state index in [4.69, 9.17) is 15.2 Å². The van der Waals surface area contributed by atoms with Crippen molar-refractivity contribution < 1.29 is 41.4 Å². The lowest BCUT2D eigenvalue weighted by atomic mass is 9.81. The van der Waals surface area contributed by atoms with Gasteiger partial charge in [-0.2, -0.15) is 5.26 Å². The second-order valence-electron chi connectivity index (χ2n) is 7.00. The van der Waals surface area contributed by atoms with Crippen molar-refractivity contribution in [3.8, 4) is 11.8 Å². The van der Waals surface area contributed by atoms with E-state index < -0.39 is 58.6 Å². The molecule has 0 radical (unpaired) electrons. The average Bonchev–Trinajstić information content (AvgIpc) is 2.83. The second kappa shape index (κ2) is 9.76. The number of allylic oxidation sites excluding steroid dienone is 1. The van der Waals surface area contributed by atoms with E-state index in [2.05, 4.69) is 4.74 Å². The summed E-state index contributed by atoms with van der Waals surface area (Å²) in [6, 6.07) is 11.8. The number of methoxy groups -OCH3 is 2. The van der Waals surface area contributed by atoms with Gasteiger partial charge in [-0.1, -0.05) is 30.3 Å². The normalized spacial score (nSPS) is 16.0. The number of carbonyl (C=O) groups excluding carboxylic acids is 2. The van der Waals surface area contributed by atoms with Crippen LogP contribution in [0.2, 0.25) is 0 Å². The molecule has 0 saturated heterocycles. The number of esters is 2. The Morgan fingerprint density at radius 2 is 1.69 bits per heavy atom. The standard InChI is InChI=1S/C23H17F4N3O5/c1-33-21(31)18-17(12-6-4-3-5-7-12)14(11-28)20(29)30(19(18)22(32)34-2)16-10-13(8-9-15(16)24)35-23(25,26)27/h3-10,17H,29H2,1-2H3. The van der Waals surface area contributed by atoms with Crippen molar-refractivity contribution in [1.29, 1.82) is 5.26 Å². The quantitative estimate of drug-likeness (QED) is 0.498. The molecule has 1 aliphatic heterocycles. The molecule has 3 rings (SSSR count). The van der Waals surface area contributed by atoms with E-state index in [-0.39, 0.29) is 5.57 Å². The molecule has 0 aromatic heterocycles. The lowest BCUT2D eigenvalue weighted by Crippen LogP contribution is -2.41. The average molecular weight is 491 g/mol.